The molecule has 1 amide bonds. The number of nitrogens with zero attached hydrogens (tertiary/aromatic N) is 1. The van der Waals surface area contributed by atoms with E-state index in [4.69, 9.17) is 17.3 Å². The van der Waals surface area contributed by atoms with Gasteiger partial charge in [-0.3, -0.25) is 4.79 Å². The highest BCUT2D eigenvalue weighted by molar-refractivity contribution is 6.31. The lowest BCUT2D eigenvalue weighted by Crippen LogP contribution is -2.40. The van der Waals surface area contributed by atoms with Crippen molar-refractivity contribution < 1.29 is 4.79 Å². The Morgan fingerprint density at radius 3 is 2.67 bits per heavy atom. The third-order valence-electron chi connectivity index (χ3n) is 3.99. The van der Waals surface area contributed by atoms with E-state index in [1.807, 2.05) is 18.2 Å². The molecular weight excluding hydrogens is 286 g/mol. The molecule has 0 atom stereocenters. The minimum atomic E-state index is -0.127. The summed E-state index contributed by atoms with van der Waals surface area (Å²) in [5, 5.41) is 4.64. The SMILES string of the molecule is NC1CCC(NC(=O)c2ccc3ccc(Cl)cc3n2)CC1. The second-order valence-electron chi connectivity index (χ2n) is 5.62. The molecule has 3 rings (SSSR count). The van der Waals surface area contributed by atoms with Crippen LogP contribution in [0.3, 0.4) is 0 Å². The molecule has 2 aromatic rings. The van der Waals surface area contributed by atoms with Gasteiger partial charge < -0.3 is 11.1 Å². The van der Waals surface area contributed by atoms with Crippen molar-refractivity contribution in [1.82, 2.24) is 10.3 Å². The molecule has 0 aliphatic heterocycles. The third-order valence-corrected chi connectivity index (χ3v) is 4.23. The van der Waals surface area contributed by atoms with E-state index in [1.165, 1.54) is 0 Å². The summed E-state index contributed by atoms with van der Waals surface area (Å²) in [6.45, 7) is 0. The first-order valence-electron chi connectivity index (χ1n) is 7.24. The number of fused-ring (bicyclic) bond motifs is 1. The fourth-order valence-corrected chi connectivity index (χ4v) is 2.91. The minimum absolute atomic E-state index is 0.127. The van der Waals surface area contributed by atoms with Gasteiger partial charge in [-0.15, -0.1) is 0 Å². The largest absolute Gasteiger partial charge is 0.348 e. The standard InChI is InChI=1S/C16H18ClN3O/c17-11-3-1-10-2-8-14(20-15(10)9-11)16(21)19-13-6-4-12(18)5-7-13/h1-3,8-9,12-13H,4-7,18H2,(H,19,21). The van der Waals surface area contributed by atoms with Crippen LogP contribution in [0.2, 0.25) is 5.02 Å². The third kappa shape index (κ3) is 3.34. The first kappa shape index (κ1) is 14.3. The van der Waals surface area contributed by atoms with Crippen molar-refractivity contribution >= 4 is 28.4 Å². The predicted octanol–water partition coefficient (Wildman–Crippen LogP) is 2.89. The number of rotatable bonds is 2. The zero-order valence-corrected chi connectivity index (χ0v) is 12.4. The van der Waals surface area contributed by atoms with Crippen molar-refractivity contribution in [3.05, 3.63) is 41.0 Å². The van der Waals surface area contributed by atoms with E-state index in [2.05, 4.69) is 10.3 Å². The Labute approximate surface area is 128 Å². The molecule has 1 aromatic carbocycles. The number of hydrogen-bond donors (Lipinski definition) is 2. The number of benzene rings is 1. The summed E-state index contributed by atoms with van der Waals surface area (Å²) in [4.78, 5) is 16.7. The molecule has 0 bridgehead atoms. The molecule has 3 N–H and O–H groups in total. The molecule has 1 saturated carbocycles. The number of hydrogen-bond acceptors (Lipinski definition) is 3. The lowest BCUT2D eigenvalue weighted by molar-refractivity contribution is 0.0921. The maximum atomic E-state index is 12.3. The van der Waals surface area contributed by atoms with Gasteiger partial charge in [-0.25, -0.2) is 4.98 Å². The molecule has 0 unspecified atom stereocenters. The van der Waals surface area contributed by atoms with Crippen molar-refractivity contribution in [2.45, 2.75) is 37.8 Å². The molecular formula is C16H18ClN3O. The molecule has 110 valence electrons. The van der Waals surface area contributed by atoms with E-state index in [9.17, 15) is 4.79 Å². The van der Waals surface area contributed by atoms with Gasteiger partial charge in [0.05, 0.1) is 5.52 Å². The van der Waals surface area contributed by atoms with Crippen LogP contribution in [0, 0.1) is 0 Å². The molecule has 1 heterocycles. The van der Waals surface area contributed by atoms with Crippen molar-refractivity contribution in [3.63, 3.8) is 0 Å². The highest BCUT2D eigenvalue weighted by atomic mass is 35.5. The maximum Gasteiger partial charge on any atom is 0.270 e. The first-order valence-corrected chi connectivity index (χ1v) is 7.62. The lowest BCUT2D eigenvalue weighted by Gasteiger charge is -2.26. The molecule has 1 aliphatic rings. The molecule has 0 radical (unpaired) electrons. The molecule has 0 spiro atoms. The number of halogens is 1. The van der Waals surface area contributed by atoms with Crippen LogP contribution in [0.25, 0.3) is 10.9 Å². The van der Waals surface area contributed by atoms with Crippen molar-refractivity contribution in [2.75, 3.05) is 0 Å². The summed E-state index contributed by atoms with van der Waals surface area (Å²) in [5.41, 5.74) is 7.04. The van der Waals surface area contributed by atoms with Crippen LogP contribution in [0.5, 0.6) is 0 Å². The predicted molar refractivity (Wildman–Crippen MR) is 84.5 cm³/mol. The zero-order valence-electron chi connectivity index (χ0n) is 11.7. The number of carbonyl (C=O) groups excluding carboxylic acids is 1. The average molecular weight is 304 g/mol. The van der Waals surface area contributed by atoms with Gasteiger partial charge in [-0.2, -0.15) is 0 Å². The fraction of sp³-hybridized carbons (Fsp3) is 0.375. The highest BCUT2D eigenvalue weighted by Gasteiger charge is 2.21. The Balaban J connectivity index is 1.75. The second-order valence-corrected chi connectivity index (χ2v) is 6.06. The van der Waals surface area contributed by atoms with Crippen LogP contribution >= 0.6 is 11.6 Å². The number of carbonyl (C=O) groups is 1. The molecule has 1 aliphatic carbocycles. The zero-order chi connectivity index (χ0) is 14.8. The van der Waals surface area contributed by atoms with E-state index >= 15 is 0 Å². The maximum absolute atomic E-state index is 12.3. The number of amides is 1. The van der Waals surface area contributed by atoms with Crippen LogP contribution < -0.4 is 11.1 Å². The summed E-state index contributed by atoms with van der Waals surface area (Å²) < 4.78 is 0. The molecule has 21 heavy (non-hydrogen) atoms. The van der Waals surface area contributed by atoms with Gasteiger partial charge in [0, 0.05) is 22.5 Å². The van der Waals surface area contributed by atoms with Gasteiger partial charge in [-0.1, -0.05) is 23.7 Å². The summed E-state index contributed by atoms with van der Waals surface area (Å²) in [6.07, 6.45) is 3.80. The molecule has 1 aromatic heterocycles. The average Bonchev–Trinajstić information content (AvgIpc) is 2.48. The van der Waals surface area contributed by atoms with E-state index in [0.717, 1.165) is 36.6 Å². The Bertz CT molecular complexity index is 666. The van der Waals surface area contributed by atoms with E-state index in [0.29, 0.717) is 10.7 Å². The summed E-state index contributed by atoms with van der Waals surface area (Å²) in [5.74, 6) is -0.127. The van der Waals surface area contributed by atoms with Gasteiger partial charge in [0.1, 0.15) is 5.69 Å². The van der Waals surface area contributed by atoms with Crippen LogP contribution in [0.1, 0.15) is 36.2 Å². The van der Waals surface area contributed by atoms with Crippen LogP contribution in [-0.4, -0.2) is 23.0 Å². The topological polar surface area (TPSA) is 68.0 Å². The highest BCUT2D eigenvalue weighted by Crippen LogP contribution is 2.19. The molecule has 5 heteroatoms. The van der Waals surface area contributed by atoms with E-state index < -0.39 is 0 Å². The fourth-order valence-electron chi connectivity index (χ4n) is 2.74. The van der Waals surface area contributed by atoms with Gasteiger partial charge >= 0.3 is 0 Å². The summed E-state index contributed by atoms with van der Waals surface area (Å²) >= 11 is 5.97. The minimum Gasteiger partial charge on any atom is -0.348 e. The van der Waals surface area contributed by atoms with Crippen LogP contribution in [-0.2, 0) is 0 Å². The normalized spacial score (nSPS) is 22.2. The number of nitrogens with two attached hydrogens (primary N) is 1. The van der Waals surface area contributed by atoms with Gasteiger partial charge in [0.25, 0.3) is 5.91 Å². The molecule has 4 nitrogen and oxygen atoms in total. The summed E-state index contributed by atoms with van der Waals surface area (Å²) in [6, 6.07) is 9.61. The Hall–Kier alpha value is -1.65. The van der Waals surface area contributed by atoms with Crippen molar-refractivity contribution in [1.29, 1.82) is 0 Å². The van der Waals surface area contributed by atoms with Gasteiger partial charge in [0.15, 0.2) is 0 Å². The van der Waals surface area contributed by atoms with E-state index in [-0.39, 0.29) is 18.0 Å². The number of aromatic nitrogens is 1. The first-order chi connectivity index (χ1) is 10.1. The van der Waals surface area contributed by atoms with Gasteiger partial charge in [0.2, 0.25) is 0 Å². The van der Waals surface area contributed by atoms with E-state index in [1.54, 1.807) is 12.1 Å². The monoisotopic (exact) mass is 303 g/mol. The smallest absolute Gasteiger partial charge is 0.270 e. The van der Waals surface area contributed by atoms with Crippen molar-refractivity contribution in [3.8, 4) is 0 Å². The van der Waals surface area contributed by atoms with Crippen LogP contribution in [0.15, 0.2) is 30.3 Å². The number of pyridine rings is 1. The quantitative estimate of drug-likeness (QED) is 0.896. The summed E-state index contributed by atoms with van der Waals surface area (Å²) in [7, 11) is 0. The molecule has 0 saturated heterocycles. The lowest BCUT2D eigenvalue weighted by atomic mass is 9.92. The Kier molecular flexibility index (Phi) is 4.08. The molecule has 1 fully saturated rings. The Morgan fingerprint density at radius 1 is 1.19 bits per heavy atom. The van der Waals surface area contributed by atoms with Crippen molar-refractivity contribution in [2.24, 2.45) is 5.73 Å². The van der Waals surface area contributed by atoms with Crippen LogP contribution in [0.4, 0.5) is 0 Å². The Morgan fingerprint density at radius 2 is 1.90 bits per heavy atom. The van der Waals surface area contributed by atoms with Gasteiger partial charge in [-0.05, 0) is 43.9 Å². The second kappa shape index (κ2) is 6.00. The number of nitrogens with one attached hydrogen (secondary N) is 1.